The fourth-order valence-electron chi connectivity index (χ4n) is 4.75. The molecule has 0 bridgehead atoms. The molecule has 0 radical (unpaired) electrons. The van der Waals surface area contributed by atoms with Crippen molar-refractivity contribution in [3.05, 3.63) is 95.1 Å². The Morgan fingerprint density at radius 3 is 2.37 bits per heavy atom. The Bertz CT molecular complexity index is 1190. The molecule has 184 valence electrons. The van der Waals surface area contributed by atoms with Crippen molar-refractivity contribution in [3.8, 4) is 0 Å². The number of carbonyl (C=O) groups excluding carboxylic acids is 2. The molecule has 1 aromatic heterocycles. The molecule has 35 heavy (non-hydrogen) atoms. The van der Waals surface area contributed by atoms with Gasteiger partial charge in [-0.2, -0.15) is 0 Å². The van der Waals surface area contributed by atoms with E-state index in [1.807, 2.05) is 24.1 Å². The molecule has 0 saturated heterocycles. The molecule has 0 N–H and O–H groups in total. The lowest BCUT2D eigenvalue weighted by molar-refractivity contribution is -0.134. The smallest absolute Gasteiger partial charge is 0.257 e. The van der Waals surface area contributed by atoms with Crippen LogP contribution in [0, 0.1) is 5.82 Å². The summed E-state index contributed by atoms with van der Waals surface area (Å²) in [4.78, 5) is 30.1. The molecule has 0 saturated carbocycles. The predicted molar refractivity (Wildman–Crippen MR) is 136 cm³/mol. The molecule has 2 heterocycles. The van der Waals surface area contributed by atoms with E-state index in [2.05, 4.69) is 55.7 Å². The van der Waals surface area contributed by atoms with Crippen LogP contribution in [0.1, 0.15) is 67.3 Å². The van der Waals surface area contributed by atoms with Crippen LogP contribution in [-0.2, 0) is 16.8 Å². The van der Waals surface area contributed by atoms with Gasteiger partial charge in [0.15, 0.2) is 0 Å². The molecule has 3 aromatic rings. The van der Waals surface area contributed by atoms with Crippen molar-refractivity contribution in [2.45, 2.75) is 52.1 Å². The number of hydrogen-bond donors (Lipinski definition) is 0. The maximum absolute atomic E-state index is 14.3. The Labute approximate surface area is 207 Å². The van der Waals surface area contributed by atoms with Gasteiger partial charge in [-0.25, -0.2) is 4.39 Å². The molecule has 5 nitrogen and oxygen atoms in total. The third kappa shape index (κ3) is 5.16. The van der Waals surface area contributed by atoms with E-state index in [9.17, 15) is 14.0 Å². The van der Waals surface area contributed by atoms with Crippen LogP contribution in [0.5, 0.6) is 0 Å². The highest BCUT2D eigenvalue weighted by Gasteiger charge is 2.34. The summed E-state index contributed by atoms with van der Waals surface area (Å²) >= 11 is 0. The zero-order chi connectivity index (χ0) is 25.2. The molecule has 1 aliphatic rings. The number of nitrogens with zero attached hydrogens (tertiary/aromatic N) is 3. The minimum Gasteiger partial charge on any atom is -0.348 e. The normalized spacial score (nSPS) is 15.6. The van der Waals surface area contributed by atoms with Crippen molar-refractivity contribution in [1.29, 1.82) is 0 Å². The van der Waals surface area contributed by atoms with Crippen LogP contribution in [0.2, 0.25) is 0 Å². The number of amides is 2. The van der Waals surface area contributed by atoms with Gasteiger partial charge >= 0.3 is 0 Å². The molecule has 1 unspecified atom stereocenters. The van der Waals surface area contributed by atoms with Crippen molar-refractivity contribution in [3.63, 3.8) is 0 Å². The van der Waals surface area contributed by atoms with Crippen LogP contribution >= 0.6 is 0 Å². The third-order valence-electron chi connectivity index (χ3n) is 6.66. The molecule has 0 spiro atoms. The van der Waals surface area contributed by atoms with Crippen LogP contribution in [0.4, 0.5) is 4.39 Å². The average molecular weight is 476 g/mol. The Morgan fingerprint density at radius 2 is 1.71 bits per heavy atom. The number of rotatable bonds is 6. The summed E-state index contributed by atoms with van der Waals surface area (Å²) in [6.45, 7) is 10.0. The summed E-state index contributed by atoms with van der Waals surface area (Å²) in [6.07, 6.45) is 2.72. The van der Waals surface area contributed by atoms with Gasteiger partial charge in [0.1, 0.15) is 12.4 Å². The molecular weight excluding hydrogens is 441 g/mol. The SMILES string of the molecule is CCCN(CC(=O)N1CCn2cccc2C1c1ccc(C(C)(C)C)cc1)C(=O)c1ccccc1F. The van der Waals surface area contributed by atoms with Crippen LogP contribution in [0.3, 0.4) is 0 Å². The predicted octanol–water partition coefficient (Wildman–Crippen LogP) is 5.41. The molecular formula is C29H34FN3O2. The van der Waals surface area contributed by atoms with E-state index in [0.29, 0.717) is 26.1 Å². The van der Waals surface area contributed by atoms with Gasteiger partial charge in [-0.05, 0) is 47.2 Å². The van der Waals surface area contributed by atoms with Gasteiger partial charge in [0, 0.05) is 31.5 Å². The third-order valence-corrected chi connectivity index (χ3v) is 6.66. The van der Waals surface area contributed by atoms with E-state index in [4.69, 9.17) is 0 Å². The van der Waals surface area contributed by atoms with Crippen LogP contribution in [-0.4, -0.2) is 45.8 Å². The van der Waals surface area contributed by atoms with E-state index < -0.39 is 11.7 Å². The summed E-state index contributed by atoms with van der Waals surface area (Å²) in [5, 5.41) is 0. The Hall–Kier alpha value is -3.41. The quantitative estimate of drug-likeness (QED) is 0.479. The maximum Gasteiger partial charge on any atom is 0.257 e. The van der Waals surface area contributed by atoms with Crippen LogP contribution < -0.4 is 0 Å². The first-order valence-corrected chi connectivity index (χ1v) is 12.3. The standard InChI is InChI=1S/C29H34FN3O2/c1-5-16-32(28(35)23-9-6-7-10-24(23)30)20-26(34)33-19-18-31-17-8-11-25(31)27(33)21-12-14-22(15-13-21)29(2,3)4/h6-15,17,27H,5,16,18-20H2,1-4H3. The number of hydrogen-bond acceptors (Lipinski definition) is 2. The van der Waals surface area contributed by atoms with E-state index >= 15 is 0 Å². The van der Waals surface area contributed by atoms with E-state index in [1.165, 1.54) is 22.6 Å². The molecule has 4 rings (SSSR count). The summed E-state index contributed by atoms with van der Waals surface area (Å²) in [6, 6.07) is 18.2. The highest BCUT2D eigenvalue weighted by molar-refractivity contribution is 5.96. The minimum absolute atomic E-state index is 0.00408. The monoisotopic (exact) mass is 475 g/mol. The zero-order valence-corrected chi connectivity index (χ0v) is 21.0. The molecule has 0 fully saturated rings. The first-order valence-electron chi connectivity index (χ1n) is 12.3. The summed E-state index contributed by atoms with van der Waals surface area (Å²) in [5.41, 5.74) is 3.35. The molecule has 0 aliphatic carbocycles. The van der Waals surface area contributed by atoms with E-state index in [1.54, 1.807) is 12.1 Å². The first kappa shape index (κ1) is 24.7. The topological polar surface area (TPSA) is 45.6 Å². The largest absolute Gasteiger partial charge is 0.348 e. The molecule has 1 atom stereocenters. The van der Waals surface area contributed by atoms with Crippen molar-refractivity contribution < 1.29 is 14.0 Å². The summed E-state index contributed by atoms with van der Waals surface area (Å²) < 4.78 is 16.5. The van der Waals surface area contributed by atoms with Gasteiger partial charge in [-0.15, -0.1) is 0 Å². The fourth-order valence-corrected chi connectivity index (χ4v) is 4.75. The number of carbonyl (C=O) groups is 2. The van der Waals surface area contributed by atoms with Gasteiger partial charge in [-0.3, -0.25) is 9.59 Å². The highest BCUT2D eigenvalue weighted by Crippen LogP contribution is 2.34. The number of aromatic nitrogens is 1. The second kappa shape index (κ2) is 10.1. The number of halogens is 1. The highest BCUT2D eigenvalue weighted by atomic mass is 19.1. The first-order chi connectivity index (χ1) is 16.7. The molecule has 1 aliphatic heterocycles. The van der Waals surface area contributed by atoms with Gasteiger partial charge in [0.05, 0.1) is 11.6 Å². The average Bonchev–Trinajstić information content (AvgIpc) is 3.31. The van der Waals surface area contributed by atoms with Crippen molar-refractivity contribution in [2.24, 2.45) is 0 Å². The molecule has 6 heteroatoms. The van der Waals surface area contributed by atoms with E-state index in [0.717, 1.165) is 11.3 Å². The Balaban J connectivity index is 1.63. The second-order valence-electron chi connectivity index (χ2n) is 10.2. The van der Waals surface area contributed by atoms with Gasteiger partial charge in [0.25, 0.3) is 5.91 Å². The Kier molecular flexibility index (Phi) is 7.10. The lowest BCUT2D eigenvalue weighted by atomic mass is 9.86. The zero-order valence-electron chi connectivity index (χ0n) is 21.0. The molecule has 2 aromatic carbocycles. The van der Waals surface area contributed by atoms with Crippen molar-refractivity contribution in [1.82, 2.24) is 14.4 Å². The van der Waals surface area contributed by atoms with Crippen molar-refractivity contribution >= 4 is 11.8 Å². The van der Waals surface area contributed by atoms with Gasteiger partial charge in [-0.1, -0.05) is 64.1 Å². The summed E-state index contributed by atoms with van der Waals surface area (Å²) in [7, 11) is 0. The molecule has 2 amide bonds. The maximum atomic E-state index is 14.3. The summed E-state index contributed by atoms with van der Waals surface area (Å²) in [5.74, 6) is -1.16. The van der Waals surface area contributed by atoms with Gasteiger partial charge in [0.2, 0.25) is 5.91 Å². The number of fused-ring (bicyclic) bond motifs is 1. The number of benzene rings is 2. The fraction of sp³-hybridized carbons (Fsp3) is 0.379. The van der Waals surface area contributed by atoms with E-state index in [-0.39, 0.29) is 29.5 Å². The van der Waals surface area contributed by atoms with Crippen molar-refractivity contribution in [2.75, 3.05) is 19.6 Å². The lowest BCUT2D eigenvalue weighted by Gasteiger charge is -2.38. The lowest BCUT2D eigenvalue weighted by Crippen LogP contribution is -2.48. The Morgan fingerprint density at radius 1 is 1.00 bits per heavy atom. The second-order valence-corrected chi connectivity index (χ2v) is 10.2. The van der Waals surface area contributed by atoms with Crippen LogP contribution in [0.15, 0.2) is 66.9 Å². The minimum atomic E-state index is -0.571. The van der Waals surface area contributed by atoms with Gasteiger partial charge < -0.3 is 14.4 Å². The van der Waals surface area contributed by atoms with Crippen LogP contribution in [0.25, 0.3) is 0 Å².